The third-order valence-electron chi connectivity index (χ3n) is 3.84. The number of ether oxygens (including phenoxy) is 1. The van der Waals surface area contributed by atoms with Gasteiger partial charge in [-0.25, -0.2) is 0 Å². The summed E-state index contributed by atoms with van der Waals surface area (Å²) >= 11 is 0. The molecule has 0 aliphatic carbocycles. The molecule has 1 heterocycles. The molecule has 0 saturated carbocycles. The number of nitrogens with zero attached hydrogens (tertiary/aromatic N) is 1. The quantitative estimate of drug-likeness (QED) is 0.729. The van der Waals surface area contributed by atoms with Crippen molar-refractivity contribution in [2.75, 3.05) is 0 Å². The third kappa shape index (κ3) is 4.67. The molecule has 1 N–H and O–H groups in total. The van der Waals surface area contributed by atoms with Crippen LogP contribution in [0.25, 0.3) is 0 Å². The molecule has 0 saturated heterocycles. The normalized spacial score (nSPS) is 10.3. The molecule has 1 aromatic heterocycles. The van der Waals surface area contributed by atoms with E-state index in [2.05, 4.69) is 29.4 Å². The molecular formula is C21H20N2O2. The first-order valence-electron chi connectivity index (χ1n) is 8.28. The minimum atomic E-state index is -0.144. The van der Waals surface area contributed by atoms with Crippen LogP contribution in [0.1, 0.15) is 28.4 Å². The fraction of sp³-hybridized carbons (Fsp3) is 0.143. The van der Waals surface area contributed by atoms with Crippen LogP contribution in [0.3, 0.4) is 0 Å². The molecule has 0 aliphatic rings. The number of amides is 1. The fourth-order valence-electron chi connectivity index (χ4n) is 2.43. The molecule has 4 nitrogen and oxygen atoms in total. The monoisotopic (exact) mass is 332 g/mol. The number of benzene rings is 2. The summed E-state index contributed by atoms with van der Waals surface area (Å²) in [6, 6.07) is 19.2. The van der Waals surface area contributed by atoms with Gasteiger partial charge in [-0.1, -0.05) is 31.2 Å². The number of nitrogens with one attached hydrogen (secondary N) is 1. The van der Waals surface area contributed by atoms with E-state index in [-0.39, 0.29) is 5.91 Å². The molecule has 0 radical (unpaired) electrons. The number of aromatic nitrogens is 1. The Labute approximate surface area is 147 Å². The van der Waals surface area contributed by atoms with E-state index in [1.54, 1.807) is 24.5 Å². The molecule has 3 rings (SSSR count). The Morgan fingerprint density at radius 3 is 2.56 bits per heavy atom. The predicted molar refractivity (Wildman–Crippen MR) is 97.7 cm³/mol. The Kier molecular flexibility index (Phi) is 5.42. The van der Waals surface area contributed by atoms with Crippen LogP contribution in [-0.2, 0) is 13.0 Å². The van der Waals surface area contributed by atoms with Crippen molar-refractivity contribution in [2.45, 2.75) is 19.9 Å². The Balaban J connectivity index is 1.62. The second-order valence-electron chi connectivity index (χ2n) is 5.67. The smallest absolute Gasteiger partial charge is 0.253 e. The molecule has 0 bridgehead atoms. The summed E-state index contributed by atoms with van der Waals surface area (Å²) in [6.07, 6.45) is 4.20. The average Bonchev–Trinajstić information content (AvgIpc) is 2.68. The molecule has 3 aromatic rings. The highest BCUT2D eigenvalue weighted by Gasteiger charge is 2.05. The van der Waals surface area contributed by atoms with Crippen LogP contribution in [0.15, 0.2) is 73.1 Å². The molecule has 0 fully saturated rings. The Bertz CT molecular complexity index is 830. The van der Waals surface area contributed by atoms with Crippen LogP contribution in [0.5, 0.6) is 11.5 Å². The minimum Gasteiger partial charge on any atom is -0.457 e. The van der Waals surface area contributed by atoms with Crippen LogP contribution < -0.4 is 10.1 Å². The molecule has 0 atom stereocenters. The summed E-state index contributed by atoms with van der Waals surface area (Å²) in [6.45, 7) is 2.55. The van der Waals surface area contributed by atoms with Gasteiger partial charge in [0, 0.05) is 18.9 Å². The summed E-state index contributed by atoms with van der Waals surface area (Å²) in [7, 11) is 0. The van der Waals surface area contributed by atoms with Crippen molar-refractivity contribution >= 4 is 5.91 Å². The van der Waals surface area contributed by atoms with Crippen molar-refractivity contribution in [1.29, 1.82) is 0 Å². The van der Waals surface area contributed by atoms with Crippen LogP contribution in [0.2, 0.25) is 0 Å². The van der Waals surface area contributed by atoms with Crippen molar-refractivity contribution in [3.8, 4) is 11.5 Å². The van der Waals surface area contributed by atoms with Crippen LogP contribution >= 0.6 is 0 Å². The molecule has 1 amide bonds. The van der Waals surface area contributed by atoms with Gasteiger partial charge in [0.1, 0.15) is 11.5 Å². The first kappa shape index (κ1) is 16.7. The molecule has 0 spiro atoms. The topological polar surface area (TPSA) is 51.2 Å². The van der Waals surface area contributed by atoms with E-state index in [0.717, 1.165) is 23.5 Å². The van der Waals surface area contributed by atoms with Gasteiger partial charge in [0.2, 0.25) is 0 Å². The molecular weight excluding hydrogens is 312 g/mol. The fourth-order valence-corrected chi connectivity index (χ4v) is 2.43. The summed E-state index contributed by atoms with van der Waals surface area (Å²) in [5, 5.41) is 2.89. The number of rotatable bonds is 6. The van der Waals surface area contributed by atoms with Crippen LogP contribution in [0.4, 0.5) is 0 Å². The van der Waals surface area contributed by atoms with Crippen molar-refractivity contribution in [2.24, 2.45) is 0 Å². The van der Waals surface area contributed by atoms with Crippen LogP contribution in [0, 0.1) is 0 Å². The lowest BCUT2D eigenvalue weighted by Crippen LogP contribution is -2.22. The van der Waals surface area contributed by atoms with E-state index in [4.69, 9.17) is 4.74 Å². The van der Waals surface area contributed by atoms with E-state index in [0.29, 0.717) is 12.1 Å². The number of carbonyl (C=O) groups is 1. The van der Waals surface area contributed by atoms with E-state index >= 15 is 0 Å². The van der Waals surface area contributed by atoms with Crippen molar-refractivity contribution in [1.82, 2.24) is 10.3 Å². The maximum absolute atomic E-state index is 12.1. The highest BCUT2D eigenvalue weighted by atomic mass is 16.5. The lowest BCUT2D eigenvalue weighted by Gasteiger charge is -2.09. The highest BCUT2D eigenvalue weighted by Crippen LogP contribution is 2.22. The number of hydrogen-bond donors (Lipinski definition) is 1. The molecule has 126 valence electrons. The van der Waals surface area contributed by atoms with E-state index in [1.165, 1.54) is 5.56 Å². The number of carbonyl (C=O) groups excluding carboxylic acids is 1. The Hall–Kier alpha value is -3.14. The van der Waals surface area contributed by atoms with Gasteiger partial charge in [-0.2, -0.15) is 0 Å². The lowest BCUT2D eigenvalue weighted by atomic mass is 10.1. The Morgan fingerprint density at radius 1 is 1.00 bits per heavy atom. The lowest BCUT2D eigenvalue weighted by molar-refractivity contribution is 0.0950. The number of hydrogen-bond acceptors (Lipinski definition) is 3. The zero-order chi connectivity index (χ0) is 17.5. The zero-order valence-electron chi connectivity index (χ0n) is 14.1. The van der Waals surface area contributed by atoms with Gasteiger partial charge in [0.05, 0.1) is 5.56 Å². The standard InChI is InChI=1S/C21H20N2O2/c1-2-16-8-10-19(11-9-16)25-20-7-3-5-17(13-20)14-23-21(24)18-6-4-12-22-15-18/h3-13,15H,2,14H2,1H3,(H,23,24). The SMILES string of the molecule is CCc1ccc(Oc2cccc(CNC(=O)c3cccnc3)c2)cc1. The van der Waals surface area contributed by atoms with E-state index in [9.17, 15) is 4.79 Å². The zero-order valence-corrected chi connectivity index (χ0v) is 14.1. The molecule has 0 aliphatic heterocycles. The van der Waals surface area contributed by atoms with Crippen molar-refractivity contribution < 1.29 is 9.53 Å². The Morgan fingerprint density at radius 2 is 1.84 bits per heavy atom. The van der Waals surface area contributed by atoms with Crippen molar-refractivity contribution in [3.63, 3.8) is 0 Å². The summed E-state index contributed by atoms with van der Waals surface area (Å²) in [4.78, 5) is 16.0. The second kappa shape index (κ2) is 8.11. The first-order valence-corrected chi connectivity index (χ1v) is 8.28. The van der Waals surface area contributed by atoms with Gasteiger partial charge < -0.3 is 10.1 Å². The third-order valence-corrected chi connectivity index (χ3v) is 3.84. The highest BCUT2D eigenvalue weighted by molar-refractivity contribution is 5.93. The summed E-state index contributed by atoms with van der Waals surface area (Å²) < 4.78 is 5.89. The van der Waals surface area contributed by atoms with Gasteiger partial charge >= 0.3 is 0 Å². The minimum absolute atomic E-state index is 0.144. The maximum atomic E-state index is 12.1. The summed E-state index contributed by atoms with van der Waals surface area (Å²) in [5.41, 5.74) is 2.80. The second-order valence-corrected chi connectivity index (χ2v) is 5.67. The van der Waals surface area contributed by atoms with Crippen molar-refractivity contribution in [3.05, 3.63) is 89.7 Å². The first-order chi connectivity index (χ1) is 12.2. The van der Waals surface area contributed by atoms with Crippen LogP contribution in [-0.4, -0.2) is 10.9 Å². The summed E-state index contributed by atoms with van der Waals surface area (Å²) in [5.74, 6) is 1.40. The predicted octanol–water partition coefficient (Wildman–Crippen LogP) is 4.37. The molecule has 2 aromatic carbocycles. The molecule has 4 heteroatoms. The van der Waals surface area contributed by atoms with Gasteiger partial charge in [-0.3, -0.25) is 9.78 Å². The van der Waals surface area contributed by atoms with Gasteiger partial charge in [-0.15, -0.1) is 0 Å². The maximum Gasteiger partial charge on any atom is 0.253 e. The van der Waals surface area contributed by atoms with Gasteiger partial charge in [0.15, 0.2) is 0 Å². The average molecular weight is 332 g/mol. The molecule has 0 unspecified atom stereocenters. The van der Waals surface area contributed by atoms with Gasteiger partial charge in [-0.05, 0) is 53.9 Å². The van der Waals surface area contributed by atoms with E-state index < -0.39 is 0 Å². The largest absolute Gasteiger partial charge is 0.457 e. The van der Waals surface area contributed by atoms with Gasteiger partial charge in [0.25, 0.3) is 5.91 Å². The molecule has 25 heavy (non-hydrogen) atoms. The number of pyridine rings is 1. The van der Waals surface area contributed by atoms with E-state index in [1.807, 2.05) is 36.4 Å². The number of aryl methyl sites for hydroxylation is 1.